The van der Waals surface area contributed by atoms with Crippen LogP contribution in [0.25, 0.3) is 39.9 Å². The van der Waals surface area contributed by atoms with E-state index in [-0.39, 0.29) is 0 Å². The number of benzene rings is 3. The van der Waals surface area contributed by atoms with Crippen LogP contribution in [0.1, 0.15) is 0 Å². The van der Waals surface area contributed by atoms with Crippen LogP contribution in [0.15, 0.2) is 95.7 Å². The molecule has 0 atom stereocenters. The van der Waals surface area contributed by atoms with Crippen LogP contribution < -0.4 is 4.74 Å². The van der Waals surface area contributed by atoms with Gasteiger partial charge in [0.05, 0.1) is 0 Å². The zero-order chi connectivity index (χ0) is 22.6. The normalized spacial score (nSPS) is 10.8. The molecule has 0 saturated carbocycles. The summed E-state index contributed by atoms with van der Waals surface area (Å²) in [4.78, 5) is 15.3. The fraction of sp³-hybridized carbons (Fsp3) is 0.0400. The van der Waals surface area contributed by atoms with Gasteiger partial charge < -0.3 is 14.3 Å². The first-order chi connectivity index (χ1) is 16.2. The summed E-state index contributed by atoms with van der Waals surface area (Å²) in [5.41, 5.74) is 2.97. The van der Waals surface area contributed by atoms with Gasteiger partial charge >= 0.3 is 5.97 Å². The molecule has 1 N–H and O–H groups in total. The highest BCUT2D eigenvalue weighted by Gasteiger charge is 2.23. The molecule has 8 nitrogen and oxygen atoms in total. The predicted molar refractivity (Wildman–Crippen MR) is 121 cm³/mol. The van der Waals surface area contributed by atoms with E-state index in [9.17, 15) is 4.79 Å². The Kier molecular flexibility index (Phi) is 5.38. The van der Waals surface area contributed by atoms with Gasteiger partial charge in [-0.25, -0.2) is 9.78 Å². The second kappa shape index (κ2) is 8.80. The van der Waals surface area contributed by atoms with Gasteiger partial charge in [-0.15, -0.1) is 10.2 Å². The number of rotatable bonds is 7. The van der Waals surface area contributed by atoms with Gasteiger partial charge in [-0.1, -0.05) is 60.7 Å². The number of ether oxygens (including phenoxy) is 1. The van der Waals surface area contributed by atoms with E-state index < -0.39 is 12.6 Å². The molecule has 0 unspecified atom stereocenters. The van der Waals surface area contributed by atoms with Crippen LogP contribution in [-0.4, -0.2) is 37.4 Å². The van der Waals surface area contributed by atoms with Gasteiger partial charge in [0.15, 0.2) is 36.1 Å². The van der Waals surface area contributed by atoms with Gasteiger partial charge in [0.25, 0.3) is 0 Å². The van der Waals surface area contributed by atoms with Gasteiger partial charge in [0, 0.05) is 16.8 Å². The van der Waals surface area contributed by atoms with Crippen LogP contribution in [0, 0.1) is 0 Å². The third kappa shape index (κ3) is 4.09. The molecular formula is C25H18N4O4. The van der Waals surface area contributed by atoms with Crippen molar-refractivity contribution >= 4 is 5.97 Å². The Bertz CT molecular complexity index is 1390. The Morgan fingerprint density at radius 1 is 0.879 bits per heavy atom. The highest BCUT2D eigenvalue weighted by Crippen LogP contribution is 2.35. The van der Waals surface area contributed by atoms with Crippen molar-refractivity contribution in [2.45, 2.75) is 0 Å². The maximum atomic E-state index is 10.8. The summed E-state index contributed by atoms with van der Waals surface area (Å²) >= 11 is 0. The standard InChI is InChI=1S/C25H18N4O4/c30-21(31)15-32-20-13-7-10-18(14-20)23-22(26-16-33-23)25-28-27-24(17-8-3-1-4-9-17)29(25)19-11-5-2-6-12-19/h1-14,16H,15H2,(H,30,31). The number of para-hydroxylation sites is 1. The summed E-state index contributed by atoms with van der Waals surface area (Å²) in [7, 11) is 0. The van der Waals surface area contributed by atoms with Gasteiger partial charge in [-0.3, -0.25) is 4.57 Å². The van der Waals surface area contributed by atoms with Crippen LogP contribution in [0.5, 0.6) is 5.75 Å². The second-order valence-corrected chi connectivity index (χ2v) is 7.12. The molecule has 0 aliphatic heterocycles. The fourth-order valence-electron chi connectivity index (χ4n) is 3.52. The first kappa shape index (κ1) is 20.2. The van der Waals surface area contributed by atoms with Crippen molar-refractivity contribution in [3.05, 3.63) is 91.3 Å². The number of carboxylic acids is 1. The maximum Gasteiger partial charge on any atom is 0.341 e. The van der Waals surface area contributed by atoms with E-state index in [1.165, 1.54) is 6.39 Å². The quantitative estimate of drug-likeness (QED) is 0.392. The lowest BCUT2D eigenvalue weighted by Crippen LogP contribution is -2.09. The summed E-state index contributed by atoms with van der Waals surface area (Å²) in [6.07, 6.45) is 1.35. The molecule has 33 heavy (non-hydrogen) atoms. The molecule has 3 aromatic carbocycles. The molecule has 162 valence electrons. The molecule has 2 aromatic heterocycles. The number of aliphatic carboxylic acids is 1. The lowest BCUT2D eigenvalue weighted by molar-refractivity contribution is -0.139. The average molecular weight is 438 g/mol. The summed E-state index contributed by atoms with van der Waals surface area (Å²) in [6, 6.07) is 26.5. The van der Waals surface area contributed by atoms with Crippen LogP contribution in [0.3, 0.4) is 0 Å². The van der Waals surface area contributed by atoms with Crippen LogP contribution >= 0.6 is 0 Å². The van der Waals surface area contributed by atoms with Crippen molar-refractivity contribution in [3.8, 4) is 45.7 Å². The highest BCUT2D eigenvalue weighted by atomic mass is 16.5. The molecule has 0 aliphatic rings. The van der Waals surface area contributed by atoms with Gasteiger partial charge in [-0.2, -0.15) is 0 Å². The summed E-state index contributed by atoms with van der Waals surface area (Å²) in [6.45, 7) is -0.435. The van der Waals surface area contributed by atoms with E-state index in [1.807, 2.05) is 71.3 Å². The van der Waals surface area contributed by atoms with E-state index in [0.29, 0.717) is 34.4 Å². The first-order valence-electron chi connectivity index (χ1n) is 10.2. The smallest absolute Gasteiger partial charge is 0.341 e. The van der Waals surface area contributed by atoms with E-state index in [2.05, 4.69) is 15.2 Å². The molecule has 0 bridgehead atoms. The first-order valence-corrected chi connectivity index (χ1v) is 10.2. The number of hydrogen-bond acceptors (Lipinski definition) is 6. The van der Waals surface area contributed by atoms with Crippen LogP contribution in [0.2, 0.25) is 0 Å². The number of carbonyl (C=O) groups is 1. The minimum absolute atomic E-state index is 0.409. The van der Waals surface area contributed by atoms with Crippen LogP contribution in [0.4, 0.5) is 0 Å². The lowest BCUT2D eigenvalue weighted by Gasteiger charge is -2.10. The van der Waals surface area contributed by atoms with Gasteiger partial charge in [0.2, 0.25) is 0 Å². The Balaban J connectivity index is 1.63. The molecule has 0 amide bonds. The SMILES string of the molecule is O=C(O)COc1cccc(-c2ocnc2-c2nnc(-c3ccccc3)n2-c2ccccc2)c1. The molecule has 0 fully saturated rings. The van der Waals surface area contributed by atoms with E-state index in [4.69, 9.17) is 14.3 Å². The molecule has 8 heteroatoms. The Labute approximate surface area is 188 Å². The number of nitrogens with zero attached hydrogens (tertiary/aromatic N) is 4. The van der Waals surface area contributed by atoms with Gasteiger partial charge in [-0.05, 0) is 24.3 Å². The van der Waals surface area contributed by atoms with E-state index in [1.54, 1.807) is 18.2 Å². The molecule has 0 aliphatic carbocycles. The second-order valence-electron chi connectivity index (χ2n) is 7.12. The molecule has 5 aromatic rings. The monoisotopic (exact) mass is 438 g/mol. The Morgan fingerprint density at radius 2 is 1.58 bits per heavy atom. The molecule has 0 radical (unpaired) electrons. The van der Waals surface area contributed by atoms with E-state index >= 15 is 0 Å². The zero-order valence-electron chi connectivity index (χ0n) is 17.3. The summed E-state index contributed by atoms with van der Waals surface area (Å²) < 4.78 is 13.0. The lowest BCUT2D eigenvalue weighted by atomic mass is 10.1. The highest BCUT2D eigenvalue weighted by molar-refractivity contribution is 5.76. The summed E-state index contributed by atoms with van der Waals surface area (Å²) in [5, 5.41) is 17.8. The van der Waals surface area contributed by atoms with Crippen molar-refractivity contribution in [1.82, 2.24) is 19.7 Å². The molecule has 5 rings (SSSR count). The number of aromatic nitrogens is 4. The van der Waals surface area contributed by atoms with E-state index in [0.717, 1.165) is 11.3 Å². The average Bonchev–Trinajstić information content (AvgIpc) is 3.51. The van der Waals surface area contributed by atoms with Crippen molar-refractivity contribution in [2.24, 2.45) is 0 Å². The largest absolute Gasteiger partial charge is 0.482 e. The Morgan fingerprint density at radius 3 is 2.33 bits per heavy atom. The number of oxazole rings is 1. The molecular weight excluding hydrogens is 420 g/mol. The molecule has 2 heterocycles. The summed E-state index contributed by atoms with van der Waals surface area (Å²) in [5.74, 6) is 1.02. The van der Waals surface area contributed by atoms with Crippen LogP contribution in [-0.2, 0) is 4.79 Å². The minimum atomic E-state index is -1.05. The molecule has 0 spiro atoms. The fourth-order valence-corrected chi connectivity index (χ4v) is 3.52. The van der Waals surface area contributed by atoms with Crippen molar-refractivity contribution < 1.29 is 19.1 Å². The third-order valence-electron chi connectivity index (χ3n) is 4.95. The Hall–Kier alpha value is -4.72. The molecule has 0 saturated heterocycles. The van der Waals surface area contributed by atoms with Crippen molar-refractivity contribution in [2.75, 3.05) is 6.61 Å². The van der Waals surface area contributed by atoms with Crippen molar-refractivity contribution in [1.29, 1.82) is 0 Å². The predicted octanol–water partition coefficient (Wildman–Crippen LogP) is 4.72. The van der Waals surface area contributed by atoms with Gasteiger partial charge in [0.1, 0.15) is 5.75 Å². The zero-order valence-corrected chi connectivity index (χ0v) is 17.3. The number of hydrogen-bond donors (Lipinski definition) is 1. The topological polar surface area (TPSA) is 103 Å². The van der Waals surface area contributed by atoms with Crippen molar-refractivity contribution in [3.63, 3.8) is 0 Å². The minimum Gasteiger partial charge on any atom is -0.482 e. The number of carboxylic acid groups (broad SMARTS) is 1. The third-order valence-corrected chi connectivity index (χ3v) is 4.95. The maximum absolute atomic E-state index is 10.8.